The van der Waals surface area contributed by atoms with Gasteiger partial charge in [-0.3, -0.25) is 9.48 Å². The van der Waals surface area contributed by atoms with Gasteiger partial charge in [-0.25, -0.2) is 0 Å². The topological polar surface area (TPSA) is 53.4 Å². The summed E-state index contributed by atoms with van der Waals surface area (Å²) in [4.78, 5) is 11.6. The first kappa shape index (κ1) is 20.2. The Morgan fingerprint density at radius 1 is 1.19 bits per heavy atom. The molecule has 26 heavy (non-hydrogen) atoms. The molecule has 0 aliphatic heterocycles. The lowest BCUT2D eigenvalue weighted by Crippen LogP contribution is -2.24. The quantitative estimate of drug-likeness (QED) is 0.497. The van der Waals surface area contributed by atoms with Crippen molar-refractivity contribution in [2.24, 2.45) is 0 Å². The van der Waals surface area contributed by atoms with Crippen LogP contribution in [0.3, 0.4) is 0 Å². The maximum Gasteiger partial charge on any atom is 0.308 e. The van der Waals surface area contributed by atoms with E-state index >= 15 is 0 Å². The molecule has 0 spiro atoms. The van der Waals surface area contributed by atoms with Crippen LogP contribution in [0.25, 0.3) is 11.1 Å². The molecule has 0 radical (unpaired) electrons. The van der Waals surface area contributed by atoms with Crippen LogP contribution in [0.4, 0.5) is 0 Å². The lowest BCUT2D eigenvalue weighted by molar-refractivity contribution is -0.156. The molecule has 0 bridgehead atoms. The summed E-state index contributed by atoms with van der Waals surface area (Å²) in [6.45, 7) is 9.65. The average molecular weight is 358 g/mol. The van der Waals surface area contributed by atoms with Gasteiger partial charge in [0.2, 0.25) is 0 Å². The number of esters is 1. The fraction of sp³-hybridized carbons (Fsp3) is 0.524. The second kappa shape index (κ2) is 9.53. The van der Waals surface area contributed by atoms with E-state index in [1.165, 1.54) is 11.1 Å². The number of aromatic nitrogens is 2. The molecule has 2 aromatic rings. The Bertz CT molecular complexity index is 701. The number of ether oxygens (including phenoxy) is 2. The van der Waals surface area contributed by atoms with Crippen LogP contribution in [0.5, 0.6) is 0 Å². The number of rotatable bonds is 9. The molecule has 1 aromatic carbocycles. The van der Waals surface area contributed by atoms with Crippen LogP contribution in [0, 0.1) is 0 Å². The molecule has 1 heterocycles. The molecule has 2 rings (SSSR count). The predicted octanol–water partition coefficient (Wildman–Crippen LogP) is 4.25. The van der Waals surface area contributed by atoms with Crippen molar-refractivity contribution in [3.8, 4) is 11.1 Å². The van der Waals surface area contributed by atoms with E-state index < -0.39 is 5.60 Å². The Hall–Kier alpha value is -2.14. The van der Waals surface area contributed by atoms with Crippen LogP contribution in [0.1, 0.15) is 46.1 Å². The number of hydrogen-bond donors (Lipinski definition) is 0. The third kappa shape index (κ3) is 7.00. The Labute approximate surface area is 156 Å². The van der Waals surface area contributed by atoms with Crippen molar-refractivity contribution in [2.45, 2.75) is 59.1 Å². The fourth-order valence-corrected chi connectivity index (χ4v) is 2.61. The minimum atomic E-state index is -0.442. The van der Waals surface area contributed by atoms with Crippen LogP contribution < -0.4 is 0 Å². The molecule has 0 saturated heterocycles. The number of hydrogen-bond acceptors (Lipinski definition) is 4. The van der Waals surface area contributed by atoms with Gasteiger partial charge in [-0.15, -0.1) is 0 Å². The van der Waals surface area contributed by atoms with E-state index in [4.69, 9.17) is 9.47 Å². The standard InChI is InChI=1S/C21H30N2O3/c1-5-11-23-16-19(15-22-23)18-8-6-7-17(14-18)9-12-25-13-10-20(24)26-21(2,3)4/h6-8,14-16H,5,9-13H2,1-4H3. The fourth-order valence-electron chi connectivity index (χ4n) is 2.61. The summed E-state index contributed by atoms with van der Waals surface area (Å²) in [5.41, 5.74) is 3.07. The minimum Gasteiger partial charge on any atom is -0.460 e. The van der Waals surface area contributed by atoms with E-state index in [1.807, 2.05) is 31.6 Å². The maximum absolute atomic E-state index is 11.6. The molecule has 0 unspecified atom stereocenters. The molecule has 0 fully saturated rings. The highest BCUT2D eigenvalue weighted by Gasteiger charge is 2.15. The van der Waals surface area contributed by atoms with Crippen molar-refractivity contribution in [1.82, 2.24) is 9.78 Å². The number of carbonyl (C=O) groups excluding carboxylic acids is 1. The zero-order chi connectivity index (χ0) is 19.0. The van der Waals surface area contributed by atoms with E-state index in [2.05, 4.69) is 42.5 Å². The van der Waals surface area contributed by atoms with Gasteiger partial charge >= 0.3 is 5.97 Å². The molecular formula is C21H30N2O3. The molecule has 142 valence electrons. The minimum absolute atomic E-state index is 0.219. The number of carbonyl (C=O) groups is 1. The van der Waals surface area contributed by atoms with E-state index in [0.717, 1.165) is 24.9 Å². The molecule has 0 saturated carbocycles. The summed E-state index contributed by atoms with van der Waals surface area (Å²) >= 11 is 0. The number of benzene rings is 1. The Morgan fingerprint density at radius 3 is 2.73 bits per heavy atom. The molecule has 0 N–H and O–H groups in total. The van der Waals surface area contributed by atoms with Crippen molar-refractivity contribution in [2.75, 3.05) is 13.2 Å². The van der Waals surface area contributed by atoms with Gasteiger partial charge in [-0.05, 0) is 44.7 Å². The summed E-state index contributed by atoms with van der Waals surface area (Å²) in [7, 11) is 0. The summed E-state index contributed by atoms with van der Waals surface area (Å²) in [5.74, 6) is -0.219. The first-order valence-electron chi connectivity index (χ1n) is 9.29. The highest BCUT2D eigenvalue weighted by Crippen LogP contribution is 2.20. The third-order valence-electron chi connectivity index (χ3n) is 3.75. The van der Waals surface area contributed by atoms with Gasteiger partial charge in [0.05, 0.1) is 25.8 Å². The van der Waals surface area contributed by atoms with Gasteiger partial charge in [0.15, 0.2) is 0 Å². The maximum atomic E-state index is 11.6. The van der Waals surface area contributed by atoms with Gasteiger partial charge in [-0.1, -0.05) is 31.2 Å². The lowest BCUT2D eigenvalue weighted by Gasteiger charge is -2.19. The summed E-state index contributed by atoms with van der Waals surface area (Å²) in [6.07, 6.45) is 6.16. The van der Waals surface area contributed by atoms with Gasteiger partial charge in [0.1, 0.15) is 5.60 Å². The van der Waals surface area contributed by atoms with Gasteiger partial charge in [-0.2, -0.15) is 5.10 Å². The zero-order valence-electron chi connectivity index (χ0n) is 16.3. The zero-order valence-corrected chi connectivity index (χ0v) is 16.3. The first-order valence-corrected chi connectivity index (χ1v) is 9.29. The Kier molecular flexibility index (Phi) is 7.39. The molecule has 5 nitrogen and oxygen atoms in total. The van der Waals surface area contributed by atoms with Gasteiger partial charge in [0.25, 0.3) is 0 Å². The van der Waals surface area contributed by atoms with Crippen molar-refractivity contribution in [3.63, 3.8) is 0 Å². The monoisotopic (exact) mass is 358 g/mol. The molecule has 1 aromatic heterocycles. The Morgan fingerprint density at radius 2 is 2.00 bits per heavy atom. The second-order valence-electron chi connectivity index (χ2n) is 7.39. The van der Waals surface area contributed by atoms with E-state index in [1.54, 1.807) is 0 Å². The molecule has 0 aliphatic rings. The van der Waals surface area contributed by atoms with Crippen molar-refractivity contribution in [1.29, 1.82) is 0 Å². The molecule has 0 amide bonds. The predicted molar refractivity (Wildman–Crippen MR) is 103 cm³/mol. The van der Waals surface area contributed by atoms with Crippen LogP contribution in [-0.2, 0) is 27.2 Å². The molecular weight excluding hydrogens is 328 g/mol. The van der Waals surface area contributed by atoms with Gasteiger partial charge in [0, 0.05) is 18.3 Å². The van der Waals surface area contributed by atoms with Crippen molar-refractivity contribution < 1.29 is 14.3 Å². The lowest BCUT2D eigenvalue weighted by atomic mass is 10.0. The van der Waals surface area contributed by atoms with E-state index in [0.29, 0.717) is 13.2 Å². The highest BCUT2D eigenvalue weighted by molar-refractivity contribution is 5.69. The van der Waals surface area contributed by atoms with Gasteiger partial charge < -0.3 is 9.47 Å². The molecule has 5 heteroatoms. The molecule has 0 aliphatic carbocycles. The van der Waals surface area contributed by atoms with Crippen LogP contribution in [0.2, 0.25) is 0 Å². The van der Waals surface area contributed by atoms with Crippen molar-refractivity contribution in [3.05, 3.63) is 42.2 Å². The Balaban J connectivity index is 1.77. The highest BCUT2D eigenvalue weighted by atomic mass is 16.6. The smallest absolute Gasteiger partial charge is 0.308 e. The van der Waals surface area contributed by atoms with Crippen LogP contribution in [-0.4, -0.2) is 34.6 Å². The number of nitrogens with zero attached hydrogens (tertiary/aromatic N) is 2. The van der Waals surface area contributed by atoms with Crippen LogP contribution >= 0.6 is 0 Å². The van der Waals surface area contributed by atoms with Crippen LogP contribution in [0.15, 0.2) is 36.7 Å². The van der Waals surface area contributed by atoms with Crippen molar-refractivity contribution >= 4 is 5.97 Å². The van der Waals surface area contributed by atoms with E-state index in [-0.39, 0.29) is 12.4 Å². The summed E-state index contributed by atoms with van der Waals surface area (Å²) in [5, 5.41) is 4.39. The number of aryl methyl sites for hydroxylation is 1. The SMILES string of the molecule is CCCn1cc(-c2cccc(CCOCCC(=O)OC(C)(C)C)c2)cn1. The normalized spacial score (nSPS) is 11.5. The average Bonchev–Trinajstić information content (AvgIpc) is 3.02. The summed E-state index contributed by atoms with van der Waals surface area (Å²) in [6, 6.07) is 8.42. The largest absolute Gasteiger partial charge is 0.460 e. The van der Waals surface area contributed by atoms with E-state index in [9.17, 15) is 4.79 Å². The first-order chi connectivity index (χ1) is 12.4. The molecule has 0 atom stereocenters. The second-order valence-corrected chi connectivity index (χ2v) is 7.39. The summed E-state index contributed by atoms with van der Waals surface area (Å²) < 4.78 is 12.8. The third-order valence-corrected chi connectivity index (χ3v) is 3.75.